The third-order valence-electron chi connectivity index (χ3n) is 2.94. The molecule has 1 aromatic carbocycles. The maximum atomic E-state index is 12.3. The normalized spacial score (nSPS) is 11.5. The summed E-state index contributed by atoms with van der Waals surface area (Å²) in [6.45, 7) is 1.65. The Morgan fingerprint density at radius 3 is 2.67 bits per heavy atom. The number of rotatable bonds is 5. The summed E-state index contributed by atoms with van der Waals surface area (Å²) in [7, 11) is -2.06. The highest BCUT2D eigenvalue weighted by Gasteiger charge is 2.19. The minimum atomic E-state index is -3.80. The lowest BCUT2D eigenvalue weighted by Crippen LogP contribution is -2.24. The Labute approximate surface area is 122 Å². The van der Waals surface area contributed by atoms with Gasteiger partial charge in [0.1, 0.15) is 0 Å². The van der Waals surface area contributed by atoms with Gasteiger partial charge in [0.25, 0.3) is 0 Å². The van der Waals surface area contributed by atoms with Crippen molar-refractivity contribution in [2.45, 2.75) is 18.4 Å². The molecular weight excluding hydrogens is 294 g/mol. The van der Waals surface area contributed by atoms with Gasteiger partial charge in [0.15, 0.2) is 0 Å². The maximum absolute atomic E-state index is 12.3. The van der Waals surface area contributed by atoms with Gasteiger partial charge < -0.3 is 5.11 Å². The van der Waals surface area contributed by atoms with Crippen LogP contribution in [0.3, 0.4) is 0 Å². The van der Waals surface area contributed by atoms with Gasteiger partial charge in [0.05, 0.1) is 22.7 Å². The molecule has 8 heteroatoms. The number of aryl methyl sites for hydroxylation is 2. The van der Waals surface area contributed by atoms with Crippen LogP contribution in [0.1, 0.15) is 21.6 Å². The minimum Gasteiger partial charge on any atom is -0.478 e. The van der Waals surface area contributed by atoms with Gasteiger partial charge in [-0.15, -0.1) is 0 Å². The fourth-order valence-corrected chi connectivity index (χ4v) is 3.09. The molecule has 1 aromatic heterocycles. The van der Waals surface area contributed by atoms with Crippen LogP contribution in [0.2, 0.25) is 0 Å². The van der Waals surface area contributed by atoms with Gasteiger partial charge in [-0.25, -0.2) is 17.9 Å². The molecule has 21 heavy (non-hydrogen) atoms. The van der Waals surface area contributed by atoms with Crippen molar-refractivity contribution in [3.05, 3.63) is 47.3 Å². The maximum Gasteiger partial charge on any atom is 0.335 e. The number of hydrogen-bond donors (Lipinski definition) is 2. The van der Waals surface area contributed by atoms with Crippen molar-refractivity contribution < 1.29 is 18.3 Å². The Morgan fingerprint density at radius 1 is 1.38 bits per heavy atom. The van der Waals surface area contributed by atoms with E-state index in [1.165, 1.54) is 12.1 Å². The summed E-state index contributed by atoms with van der Waals surface area (Å²) >= 11 is 0. The number of carbonyl (C=O) groups is 1. The lowest BCUT2D eigenvalue weighted by atomic mass is 10.1. The quantitative estimate of drug-likeness (QED) is 0.854. The number of sulfonamides is 1. The number of benzene rings is 1. The zero-order chi connectivity index (χ0) is 15.6. The third kappa shape index (κ3) is 3.47. The number of hydrogen-bond acceptors (Lipinski definition) is 4. The molecule has 2 N–H and O–H groups in total. The van der Waals surface area contributed by atoms with Crippen molar-refractivity contribution in [3.63, 3.8) is 0 Å². The SMILES string of the molecule is Cc1ccc(C(=O)O)cc1S(=O)(=O)NCc1ccn(C)n1. The molecule has 0 aliphatic rings. The van der Waals surface area contributed by atoms with E-state index in [1.54, 1.807) is 30.9 Å². The van der Waals surface area contributed by atoms with Crippen LogP contribution in [-0.2, 0) is 23.6 Å². The van der Waals surface area contributed by atoms with Crippen LogP contribution in [0.4, 0.5) is 0 Å². The fourth-order valence-electron chi connectivity index (χ4n) is 1.83. The number of aromatic carboxylic acids is 1. The molecule has 0 saturated carbocycles. The van der Waals surface area contributed by atoms with Crippen molar-refractivity contribution >= 4 is 16.0 Å². The molecular formula is C13H15N3O4S. The second-order valence-electron chi connectivity index (χ2n) is 4.59. The topological polar surface area (TPSA) is 101 Å². The molecule has 2 aromatic rings. The first-order valence-corrected chi connectivity index (χ1v) is 7.60. The molecule has 7 nitrogen and oxygen atoms in total. The first-order valence-electron chi connectivity index (χ1n) is 6.12. The highest BCUT2D eigenvalue weighted by atomic mass is 32.2. The van der Waals surface area contributed by atoms with Gasteiger partial charge in [-0.1, -0.05) is 6.07 Å². The Morgan fingerprint density at radius 2 is 2.10 bits per heavy atom. The van der Waals surface area contributed by atoms with E-state index >= 15 is 0 Å². The summed E-state index contributed by atoms with van der Waals surface area (Å²) < 4.78 is 28.5. The summed E-state index contributed by atoms with van der Waals surface area (Å²) in [6.07, 6.45) is 1.71. The van der Waals surface area contributed by atoms with E-state index < -0.39 is 16.0 Å². The first-order chi connectivity index (χ1) is 9.79. The Kier molecular flexibility index (Phi) is 4.10. The van der Waals surface area contributed by atoms with Gasteiger partial charge in [-0.2, -0.15) is 5.10 Å². The van der Waals surface area contributed by atoms with E-state index in [2.05, 4.69) is 9.82 Å². The average molecular weight is 309 g/mol. The predicted octanol–water partition coefficient (Wildman–Crippen LogP) is 0.905. The zero-order valence-corrected chi connectivity index (χ0v) is 12.4. The first kappa shape index (κ1) is 15.2. The van der Waals surface area contributed by atoms with Crippen molar-refractivity contribution in [1.82, 2.24) is 14.5 Å². The lowest BCUT2D eigenvalue weighted by molar-refractivity contribution is 0.0696. The van der Waals surface area contributed by atoms with Crippen LogP contribution in [0.15, 0.2) is 35.4 Å². The third-order valence-corrected chi connectivity index (χ3v) is 4.48. The number of nitrogens with one attached hydrogen (secondary N) is 1. The van der Waals surface area contributed by atoms with Crippen LogP contribution in [0.25, 0.3) is 0 Å². The summed E-state index contributed by atoms with van der Waals surface area (Å²) in [5.74, 6) is -1.17. The average Bonchev–Trinajstić information content (AvgIpc) is 2.82. The van der Waals surface area contributed by atoms with Crippen LogP contribution in [-0.4, -0.2) is 29.3 Å². The molecule has 0 fully saturated rings. The standard InChI is InChI=1S/C13H15N3O4S/c1-9-3-4-10(13(17)18)7-12(9)21(19,20)14-8-11-5-6-16(2)15-11/h3-7,14H,8H2,1-2H3,(H,17,18). The van der Waals surface area contributed by atoms with E-state index in [9.17, 15) is 13.2 Å². The van der Waals surface area contributed by atoms with Gasteiger partial charge in [-0.3, -0.25) is 4.68 Å². The second kappa shape index (κ2) is 5.66. The van der Waals surface area contributed by atoms with Crippen LogP contribution in [0.5, 0.6) is 0 Å². The van der Waals surface area contributed by atoms with E-state index in [-0.39, 0.29) is 17.0 Å². The smallest absolute Gasteiger partial charge is 0.335 e. The van der Waals surface area contributed by atoms with Crippen molar-refractivity contribution in [1.29, 1.82) is 0 Å². The molecule has 0 unspecified atom stereocenters. The molecule has 0 amide bonds. The monoisotopic (exact) mass is 309 g/mol. The summed E-state index contributed by atoms with van der Waals surface area (Å²) in [4.78, 5) is 10.9. The minimum absolute atomic E-state index is 0.0416. The molecule has 0 atom stereocenters. The van der Waals surface area contributed by atoms with Crippen molar-refractivity contribution in [2.75, 3.05) is 0 Å². The Balaban J connectivity index is 2.26. The molecule has 0 aliphatic heterocycles. The number of carboxylic acids is 1. The fraction of sp³-hybridized carbons (Fsp3) is 0.231. The Bertz CT molecular complexity index is 780. The van der Waals surface area contributed by atoms with Gasteiger partial charge >= 0.3 is 5.97 Å². The number of aromatic nitrogens is 2. The van der Waals surface area contributed by atoms with E-state index in [4.69, 9.17) is 5.11 Å². The van der Waals surface area contributed by atoms with Gasteiger partial charge in [-0.05, 0) is 30.7 Å². The van der Waals surface area contributed by atoms with Gasteiger partial charge in [0.2, 0.25) is 10.0 Å². The lowest BCUT2D eigenvalue weighted by Gasteiger charge is -2.09. The largest absolute Gasteiger partial charge is 0.478 e. The van der Waals surface area contributed by atoms with Crippen LogP contribution >= 0.6 is 0 Å². The van der Waals surface area contributed by atoms with Crippen molar-refractivity contribution in [3.8, 4) is 0 Å². The van der Waals surface area contributed by atoms with E-state index in [0.717, 1.165) is 6.07 Å². The molecule has 0 saturated heterocycles. The van der Waals surface area contributed by atoms with E-state index in [1.807, 2.05) is 0 Å². The Hall–Kier alpha value is -2.19. The molecule has 0 radical (unpaired) electrons. The van der Waals surface area contributed by atoms with Crippen LogP contribution in [0, 0.1) is 6.92 Å². The highest BCUT2D eigenvalue weighted by molar-refractivity contribution is 7.89. The van der Waals surface area contributed by atoms with Crippen molar-refractivity contribution in [2.24, 2.45) is 7.05 Å². The zero-order valence-electron chi connectivity index (χ0n) is 11.6. The molecule has 112 valence electrons. The molecule has 0 aliphatic carbocycles. The van der Waals surface area contributed by atoms with Crippen LogP contribution < -0.4 is 4.72 Å². The second-order valence-corrected chi connectivity index (χ2v) is 6.33. The molecule has 1 heterocycles. The predicted molar refractivity (Wildman–Crippen MR) is 75.4 cm³/mol. The highest BCUT2D eigenvalue weighted by Crippen LogP contribution is 2.17. The summed E-state index contributed by atoms with van der Waals surface area (Å²) in [5, 5.41) is 13.0. The van der Waals surface area contributed by atoms with Gasteiger partial charge in [0, 0.05) is 13.2 Å². The summed E-state index contributed by atoms with van der Waals surface area (Å²) in [5.41, 5.74) is 0.987. The number of nitrogens with zero attached hydrogens (tertiary/aromatic N) is 2. The van der Waals surface area contributed by atoms with E-state index in [0.29, 0.717) is 11.3 Å². The molecule has 0 spiro atoms. The molecule has 2 rings (SSSR count). The summed E-state index contributed by atoms with van der Waals surface area (Å²) in [6, 6.07) is 5.69. The number of carboxylic acid groups (broad SMARTS) is 1. The molecule has 0 bridgehead atoms.